The molecular weight excluding hydrogens is 232 g/mol. The van der Waals surface area contributed by atoms with Crippen molar-refractivity contribution in [2.45, 2.75) is 38.2 Å². The van der Waals surface area contributed by atoms with Crippen LogP contribution in [0.15, 0.2) is 48.5 Å². The van der Waals surface area contributed by atoms with Crippen LogP contribution in [0.2, 0.25) is 0 Å². The van der Waals surface area contributed by atoms with E-state index in [1.54, 1.807) is 0 Å². The molecule has 0 radical (unpaired) electrons. The maximum absolute atomic E-state index is 10.2. The zero-order valence-electron chi connectivity index (χ0n) is 11.6. The fraction of sp³-hybridized carbons (Fsp3) is 0.333. The van der Waals surface area contributed by atoms with Crippen LogP contribution >= 0.6 is 0 Å². The van der Waals surface area contributed by atoms with Gasteiger partial charge in [-0.15, -0.1) is 0 Å². The highest BCUT2D eigenvalue weighted by Gasteiger charge is 2.35. The second-order valence-corrected chi connectivity index (χ2v) is 6.19. The Labute approximate surface area is 114 Å². The maximum atomic E-state index is 10.2. The van der Waals surface area contributed by atoms with Crippen molar-refractivity contribution >= 4 is 0 Å². The van der Waals surface area contributed by atoms with Crippen molar-refractivity contribution < 1.29 is 5.11 Å². The van der Waals surface area contributed by atoms with Gasteiger partial charge in [0.05, 0.1) is 6.10 Å². The number of fused-ring (bicyclic) bond motifs is 1. The van der Waals surface area contributed by atoms with E-state index in [1.165, 1.54) is 16.7 Å². The summed E-state index contributed by atoms with van der Waals surface area (Å²) in [7, 11) is 0. The third kappa shape index (κ3) is 2.31. The molecule has 3 rings (SSSR count). The lowest BCUT2D eigenvalue weighted by Gasteiger charge is -2.18. The van der Waals surface area contributed by atoms with Crippen LogP contribution < -0.4 is 0 Å². The van der Waals surface area contributed by atoms with E-state index in [4.69, 9.17) is 0 Å². The minimum Gasteiger partial charge on any atom is -0.388 e. The molecule has 0 amide bonds. The highest BCUT2D eigenvalue weighted by molar-refractivity contribution is 5.43. The second-order valence-electron chi connectivity index (χ2n) is 6.19. The highest BCUT2D eigenvalue weighted by Crippen LogP contribution is 2.44. The molecule has 0 saturated heterocycles. The Morgan fingerprint density at radius 1 is 1.05 bits per heavy atom. The lowest BCUT2D eigenvalue weighted by molar-refractivity contribution is 0.161. The van der Waals surface area contributed by atoms with Gasteiger partial charge in [-0.1, -0.05) is 62.4 Å². The highest BCUT2D eigenvalue weighted by atomic mass is 16.3. The number of aliphatic hydroxyl groups excluding tert-OH is 1. The smallest absolute Gasteiger partial charge is 0.0801 e. The molecule has 0 aliphatic heterocycles. The molecule has 0 saturated carbocycles. The first-order chi connectivity index (χ1) is 9.06. The average Bonchev–Trinajstić information content (AvgIpc) is 2.61. The average molecular weight is 252 g/mol. The van der Waals surface area contributed by atoms with E-state index in [-0.39, 0.29) is 11.5 Å². The zero-order chi connectivity index (χ0) is 13.5. The van der Waals surface area contributed by atoms with Crippen molar-refractivity contribution in [1.29, 1.82) is 0 Å². The van der Waals surface area contributed by atoms with E-state index >= 15 is 0 Å². The van der Waals surface area contributed by atoms with Gasteiger partial charge in [0.2, 0.25) is 0 Å². The largest absolute Gasteiger partial charge is 0.388 e. The Morgan fingerprint density at radius 3 is 2.53 bits per heavy atom. The summed E-state index contributed by atoms with van der Waals surface area (Å²) in [6.45, 7) is 4.41. The van der Waals surface area contributed by atoms with Crippen molar-refractivity contribution in [3.63, 3.8) is 0 Å². The SMILES string of the molecule is CC1(C)C[C@@H](O)c2cc(Cc3ccccc3)ccc21. The van der Waals surface area contributed by atoms with Crippen LogP contribution in [0.25, 0.3) is 0 Å². The first kappa shape index (κ1) is 12.4. The Hall–Kier alpha value is -1.60. The lowest BCUT2D eigenvalue weighted by atomic mass is 9.86. The van der Waals surface area contributed by atoms with Crippen LogP contribution in [0.4, 0.5) is 0 Å². The molecule has 1 nitrogen and oxygen atoms in total. The van der Waals surface area contributed by atoms with Gasteiger partial charge in [0.1, 0.15) is 0 Å². The molecule has 19 heavy (non-hydrogen) atoms. The summed E-state index contributed by atoms with van der Waals surface area (Å²) in [6, 6.07) is 17.1. The van der Waals surface area contributed by atoms with Gasteiger partial charge >= 0.3 is 0 Å². The van der Waals surface area contributed by atoms with Gasteiger partial charge in [-0.2, -0.15) is 0 Å². The van der Waals surface area contributed by atoms with Gasteiger partial charge in [-0.3, -0.25) is 0 Å². The van der Waals surface area contributed by atoms with E-state index in [1.807, 2.05) is 6.07 Å². The van der Waals surface area contributed by atoms with E-state index in [0.29, 0.717) is 0 Å². The molecule has 1 N–H and O–H groups in total. The fourth-order valence-corrected chi connectivity index (χ4v) is 3.15. The first-order valence-electron chi connectivity index (χ1n) is 6.91. The molecule has 98 valence electrons. The summed E-state index contributed by atoms with van der Waals surface area (Å²) < 4.78 is 0. The summed E-state index contributed by atoms with van der Waals surface area (Å²) in [5.74, 6) is 0. The third-order valence-corrected chi connectivity index (χ3v) is 4.16. The monoisotopic (exact) mass is 252 g/mol. The molecule has 0 unspecified atom stereocenters. The Morgan fingerprint density at radius 2 is 1.79 bits per heavy atom. The molecule has 1 aliphatic rings. The van der Waals surface area contributed by atoms with Gasteiger partial charge in [0, 0.05) is 0 Å². The topological polar surface area (TPSA) is 20.2 Å². The number of aliphatic hydroxyl groups is 1. The normalized spacial score (nSPS) is 20.3. The molecular formula is C18H20O. The summed E-state index contributed by atoms with van der Waals surface area (Å²) in [6.07, 6.45) is 1.46. The summed E-state index contributed by atoms with van der Waals surface area (Å²) >= 11 is 0. The molecule has 0 spiro atoms. The number of rotatable bonds is 2. The Bertz CT molecular complexity index is 584. The molecule has 2 aromatic carbocycles. The van der Waals surface area contributed by atoms with Gasteiger partial charge in [0.25, 0.3) is 0 Å². The van der Waals surface area contributed by atoms with E-state index < -0.39 is 0 Å². The van der Waals surface area contributed by atoms with E-state index in [2.05, 4.69) is 56.3 Å². The van der Waals surface area contributed by atoms with Crippen LogP contribution in [0.1, 0.15) is 48.6 Å². The summed E-state index contributed by atoms with van der Waals surface area (Å²) in [5, 5.41) is 10.2. The first-order valence-corrected chi connectivity index (χ1v) is 6.91. The predicted molar refractivity (Wildman–Crippen MR) is 78.3 cm³/mol. The van der Waals surface area contributed by atoms with Crippen LogP contribution in [0, 0.1) is 0 Å². The standard InChI is InChI=1S/C18H20O/c1-18(2)12-17(19)15-11-14(8-9-16(15)18)10-13-6-4-3-5-7-13/h3-9,11,17,19H,10,12H2,1-2H3/t17-/m1/s1. The van der Waals surface area contributed by atoms with Gasteiger partial charge in [0.15, 0.2) is 0 Å². The molecule has 1 heteroatoms. The molecule has 2 aromatic rings. The summed E-state index contributed by atoms with van der Waals surface area (Å²) in [5.41, 5.74) is 5.12. The molecule has 0 aromatic heterocycles. The molecule has 1 atom stereocenters. The maximum Gasteiger partial charge on any atom is 0.0801 e. The van der Waals surface area contributed by atoms with Crippen LogP contribution in [0.5, 0.6) is 0 Å². The van der Waals surface area contributed by atoms with Gasteiger partial charge < -0.3 is 5.11 Å². The minimum absolute atomic E-state index is 0.0972. The summed E-state index contributed by atoms with van der Waals surface area (Å²) in [4.78, 5) is 0. The number of hydrogen-bond donors (Lipinski definition) is 1. The molecule has 0 fully saturated rings. The van der Waals surface area contributed by atoms with Crippen molar-refractivity contribution in [2.75, 3.05) is 0 Å². The second kappa shape index (κ2) is 4.50. The number of hydrogen-bond acceptors (Lipinski definition) is 1. The predicted octanol–water partition coefficient (Wildman–Crippen LogP) is 3.99. The quantitative estimate of drug-likeness (QED) is 0.856. The zero-order valence-corrected chi connectivity index (χ0v) is 11.6. The van der Waals surface area contributed by atoms with Crippen molar-refractivity contribution in [2.24, 2.45) is 0 Å². The third-order valence-electron chi connectivity index (χ3n) is 4.16. The molecule has 0 bridgehead atoms. The van der Waals surface area contributed by atoms with Gasteiger partial charge in [-0.05, 0) is 40.5 Å². The van der Waals surface area contributed by atoms with Crippen molar-refractivity contribution in [1.82, 2.24) is 0 Å². The van der Waals surface area contributed by atoms with Crippen LogP contribution in [-0.2, 0) is 11.8 Å². The fourth-order valence-electron chi connectivity index (χ4n) is 3.15. The van der Waals surface area contributed by atoms with E-state index in [9.17, 15) is 5.11 Å². The van der Waals surface area contributed by atoms with Crippen molar-refractivity contribution in [3.05, 3.63) is 70.8 Å². The molecule has 1 aliphatic carbocycles. The van der Waals surface area contributed by atoms with Crippen LogP contribution in [-0.4, -0.2) is 5.11 Å². The van der Waals surface area contributed by atoms with E-state index in [0.717, 1.165) is 18.4 Å². The molecule has 0 heterocycles. The van der Waals surface area contributed by atoms with Crippen molar-refractivity contribution in [3.8, 4) is 0 Å². The Balaban J connectivity index is 1.93. The number of benzene rings is 2. The van der Waals surface area contributed by atoms with Crippen LogP contribution in [0.3, 0.4) is 0 Å². The lowest BCUT2D eigenvalue weighted by Crippen LogP contribution is -2.12. The Kier molecular flexibility index (Phi) is 2.94. The minimum atomic E-state index is -0.305. The van der Waals surface area contributed by atoms with Gasteiger partial charge in [-0.25, -0.2) is 0 Å².